The zero-order valence-electron chi connectivity index (χ0n) is 8.39. The molecule has 0 nitrogen and oxygen atoms in total. The first kappa shape index (κ1) is 11.4. The lowest BCUT2D eigenvalue weighted by Gasteiger charge is -2.20. The molecule has 0 saturated heterocycles. The Balaban J connectivity index is 3.51. The van der Waals surface area contributed by atoms with E-state index in [1.807, 2.05) is 0 Å². The fourth-order valence-corrected chi connectivity index (χ4v) is 2.66. The Hall–Kier alpha value is 0.350. The van der Waals surface area contributed by atoms with Crippen LogP contribution in [0.4, 0.5) is 0 Å². The highest BCUT2D eigenvalue weighted by Crippen LogP contribution is 2.24. The van der Waals surface area contributed by atoms with Gasteiger partial charge in [0.25, 0.3) is 0 Å². The van der Waals surface area contributed by atoms with Crippen LogP contribution in [0.5, 0.6) is 0 Å². The SMILES string of the molecule is CCCSC(C)C(CC)CC. The van der Waals surface area contributed by atoms with Gasteiger partial charge in [0.05, 0.1) is 0 Å². The topological polar surface area (TPSA) is 0 Å². The van der Waals surface area contributed by atoms with Crippen LogP contribution in [0.15, 0.2) is 0 Å². The predicted molar refractivity (Wildman–Crippen MR) is 56.3 cm³/mol. The molecule has 0 aliphatic carbocycles. The monoisotopic (exact) mass is 174 g/mol. The van der Waals surface area contributed by atoms with Gasteiger partial charge in [-0.1, -0.05) is 40.5 Å². The van der Waals surface area contributed by atoms with Gasteiger partial charge in [0, 0.05) is 5.25 Å². The molecule has 0 bridgehead atoms. The molecule has 11 heavy (non-hydrogen) atoms. The Kier molecular flexibility index (Phi) is 7.25. The van der Waals surface area contributed by atoms with Gasteiger partial charge in [0.2, 0.25) is 0 Å². The van der Waals surface area contributed by atoms with Crippen LogP contribution < -0.4 is 0 Å². The minimum absolute atomic E-state index is 0.866. The minimum Gasteiger partial charge on any atom is -0.159 e. The highest BCUT2D eigenvalue weighted by atomic mass is 32.2. The van der Waals surface area contributed by atoms with E-state index >= 15 is 0 Å². The van der Waals surface area contributed by atoms with E-state index in [2.05, 4.69) is 39.5 Å². The summed E-state index contributed by atoms with van der Waals surface area (Å²) >= 11 is 2.13. The lowest BCUT2D eigenvalue weighted by atomic mass is 10.0. The minimum atomic E-state index is 0.866. The normalized spacial score (nSPS) is 13.9. The molecule has 0 spiro atoms. The van der Waals surface area contributed by atoms with Crippen molar-refractivity contribution in [2.24, 2.45) is 5.92 Å². The maximum absolute atomic E-state index is 2.37. The molecule has 0 radical (unpaired) electrons. The maximum atomic E-state index is 2.37. The number of hydrogen-bond donors (Lipinski definition) is 0. The average Bonchev–Trinajstić information content (AvgIpc) is 2.03. The van der Waals surface area contributed by atoms with E-state index in [-0.39, 0.29) is 0 Å². The fraction of sp³-hybridized carbons (Fsp3) is 1.00. The summed E-state index contributed by atoms with van der Waals surface area (Å²) in [6.45, 7) is 9.24. The van der Waals surface area contributed by atoms with E-state index in [4.69, 9.17) is 0 Å². The zero-order valence-corrected chi connectivity index (χ0v) is 9.21. The number of thioether (sulfide) groups is 1. The summed E-state index contributed by atoms with van der Waals surface area (Å²) in [5.74, 6) is 2.27. The van der Waals surface area contributed by atoms with E-state index in [9.17, 15) is 0 Å². The van der Waals surface area contributed by atoms with Gasteiger partial charge in [-0.3, -0.25) is 0 Å². The fourth-order valence-electron chi connectivity index (χ4n) is 1.39. The van der Waals surface area contributed by atoms with E-state index < -0.39 is 0 Å². The molecule has 0 aliphatic heterocycles. The molecule has 0 fully saturated rings. The van der Waals surface area contributed by atoms with Crippen LogP contribution >= 0.6 is 11.8 Å². The Labute approximate surface area is 76.1 Å². The highest BCUT2D eigenvalue weighted by Gasteiger charge is 2.12. The molecule has 1 unspecified atom stereocenters. The number of hydrogen-bond acceptors (Lipinski definition) is 1. The van der Waals surface area contributed by atoms with Gasteiger partial charge < -0.3 is 0 Å². The molecule has 0 aromatic heterocycles. The molecular formula is C10H22S. The molecule has 68 valence electrons. The molecule has 0 aliphatic rings. The Bertz CT molecular complexity index is 76.9. The van der Waals surface area contributed by atoms with E-state index in [0.717, 1.165) is 11.2 Å². The molecule has 0 amide bonds. The Morgan fingerprint density at radius 1 is 1.09 bits per heavy atom. The van der Waals surface area contributed by atoms with Gasteiger partial charge >= 0.3 is 0 Å². The smallest absolute Gasteiger partial charge is 0.00467 e. The lowest BCUT2D eigenvalue weighted by Crippen LogP contribution is -2.12. The van der Waals surface area contributed by atoms with Crippen LogP contribution in [0.2, 0.25) is 0 Å². The van der Waals surface area contributed by atoms with Gasteiger partial charge in [-0.2, -0.15) is 11.8 Å². The van der Waals surface area contributed by atoms with Gasteiger partial charge in [0.1, 0.15) is 0 Å². The lowest BCUT2D eigenvalue weighted by molar-refractivity contribution is 0.489. The summed E-state index contributed by atoms with van der Waals surface area (Å²) in [5.41, 5.74) is 0. The van der Waals surface area contributed by atoms with E-state index in [0.29, 0.717) is 0 Å². The van der Waals surface area contributed by atoms with Gasteiger partial charge in [-0.05, 0) is 18.1 Å². The van der Waals surface area contributed by atoms with Crippen molar-refractivity contribution in [3.8, 4) is 0 Å². The average molecular weight is 174 g/mol. The van der Waals surface area contributed by atoms with Crippen molar-refractivity contribution >= 4 is 11.8 Å². The van der Waals surface area contributed by atoms with Crippen LogP contribution in [0.25, 0.3) is 0 Å². The molecule has 0 aromatic rings. The molecular weight excluding hydrogens is 152 g/mol. The summed E-state index contributed by atoms with van der Waals surface area (Å²) in [6, 6.07) is 0. The maximum Gasteiger partial charge on any atom is 0.00467 e. The summed E-state index contributed by atoms with van der Waals surface area (Å²) in [7, 11) is 0. The molecule has 0 aromatic carbocycles. The quantitative estimate of drug-likeness (QED) is 0.587. The van der Waals surface area contributed by atoms with E-state index in [1.165, 1.54) is 25.0 Å². The highest BCUT2D eigenvalue weighted by molar-refractivity contribution is 7.99. The Morgan fingerprint density at radius 2 is 1.64 bits per heavy atom. The zero-order chi connectivity index (χ0) is 8.69. The number of rotatable bonds is 6. The van der Waals surface area contributed by atoms with Crippen LogP contribution in [0.1, 0.15) is 47.0 Å². The van der Waals surface area contributed by atoms with Gasteiger partial charge in [0.15, 0.2) is 0 Å². The van der Waals surface area contributed by atoms with Gasteiger partial charge in [-0.15, -0.1) is 0 Å². The second-order valence-electron chi connectivity index (χ2n) is 3.15. The summed E-state index contributed by atoms with van der Waals surface area (Å²) in [4.78, 5) is 0. The Morgan fingerprint density at radius 3 is 2.00 bits per heavy atom. The third-order valence-corrected chi connectivity index (χ3v) is 3.85. The summed E-state index contributed by atoms with van der Waals surface area (Å²) in [6.07, 6.45) is 4.00. The van der Waals surface area contributed by atoms with Crippen molar-refractivity contribution in [2.45, 2.75) is 52.2 Å². The van der Waals surface area contributed by atoms with Crippen LogP contribution in [-0.4, -0.2) is 11.0 Å². The molecule has 0 N–H and O–H groups in total. The standard InChI is InChI=1S/C10H22S/c1-5-8-11-9(4)10(6-2)7-3/h9-10H,5-8H2,1-4H3. The van der Waals surface area contributed by atoms with E-state index in [1.54, 1.807) is 0 Å². The molecule has 0 heterocycles. The van der Waals surface area contributed by atoms with Crippen molar-refractivity contribution in [3.05, 3.63) is 0 Å². The van der Waals surface area contributed by atoms with Crippen LogP contribution in [0.3, 0.4) is 0 Å². The van der Waals surface area contributed by atoms with Gasteiger partial charge in [-0.25, -0.2) is 0 Å². The summed E-state index contributed by atoms with van der Waals surface area (Å²) in [5, 5.41) is 0.866. The second kappa shape index (κ2) is 7.02. The summed E-state index contributed by atoms with van der Waals surface area (Å²) < 4.78 is 0. The first-order valence-corrected chi connectivity index (χ1v) is 5.92. The van der Waals surface area contributed by atoms with Crippen molar-refractivity contribution < 1.29 is 0 Å². The van der Waals surface area contributed by atoms with Crippen molar-refractivity contribution in [2.75, 3.05) is 5.75 Å². The third kappa shape index (κ3) is 4.73. The second-order valence-corrected chi connectivity index (χ2v) is 4.64. The largest absolute Gasteiger partial charge is 0.159 e. The van der Waals surface area contributed by atoms with Crippen LogP contribution in [0, 0.1) is 5.92 Å². The van der Waals surface area contributed by atoms with Crippen molar-refractivity contribution in [1.82, 2.24) is 0 Å². The third-order valence-electron chi connectivity index (χ3n) is 2.30. The first-order valence-electron chi connectivity index (χ1n) is 4.87. The molecule has 1 atom stereocenters. The van der Waals surface area contributed by atoms with Crippen molar-refractivity contribution in [3.63, 3.8) is 0 Å². The van der Waals surface area contributed by atoms with Crippen LogP contribution in [-0.2, 0) is 0 Å². The molecule has 0 rings (SSSR count). The first-order chi connectivity index (χ1) is 5.26. The van der Waals surface area contributed by atoms with Crippen molar-refractivity contribution in [1.29, 1.82) is 0 Å². The predicted octanol–water partition coefficient (Wildman–Crippen LogP) is 3.95. The molecule has 0 saturated carbocycles. The molecule has 1 heteroatoms.